The van der Waals surface area contributed by atoms with Gasteiger partial charge in [0, 0.05) is 43.3 Å². The summed E-state index contributed by atoms with van der Waals surface area (Å²) in [5, 5.41) is 11.8. The highest BCUT2D eigenvalue weighted by molar-refractivity contribution is 6.30. The fraction of sp³-hybridized carbons (Fsp3) is 0.250. The van der Waals surface area contributed by atoms with Gasteiger partial charge in [-0.25, -0.2) is 0 Å². The number of hydrogen-bond acceptors (Lipinski definition) is 5. The predicted octanol–water partition coefficient (Wildman–Crippen LogP) is 4.86. The average molecular weight is 419 g/mol. The highest BCUT2D eigenvalue weighted by atomic mass is 35.5. The van der Waals surface area contributed by atoms with Crippen LogP contribution in [0.3, 0.4) is 0 Å². The third kappa shape index (κ3) is 4.24. The first-order valence-electron chi connectivity index (χ1n) is 10.2. The molecule has 4 aromatic rings. The standard InChI is InChI=1S/C24H23ClN4O/c25-21-10-8-19(9-11-21)24-27-26-23(30-24)17-29-14-12-28(13-15-29)16-20-6-3-5-18-4-1-2-7-22(18)20/h1-11H,12-17H2. The molecule has 3 aromatic carbocycles. The molecule has 5 nitrogen and oxygen atoms in total. The molecule has 0 spiro atoms. The molecule has 0 N–H and O–H groups in total. The van der Waals surface area contributed by atoms with Crippen molar-refractivity contribution in [3.8, 4) is 11.5 Å². The lowest BCUT2D eigenvalue weighted by Crippen LogP contribution is -2.45. The first kappa shape index (κ1) is 19.2. The minimum absolute atomic E-state index is 0.538. The van der Waals surface area contributed by atoms with E-state index in [0.717, 1.165) is 38.3 Å². The third-order valence-electron chi connectivity index (χ3n) is 5.66. The van der Waals surface area contributed by atoms with Gasteiger partial charge in [-0.2, -0.15) is 0 Å². The van der Waals surface area contributed by atoms with Crippen molar-refractivity contribution in [2.45, 2.75) is 13.1 Å². The lowest BCUT2D eigenvalue weighted by Gasteiger charge is -2.34. The number of fused-ring (bicyclic) bond motifs is 1. The number of benzene rings is 3. The van der Waals surface area contributed by atoms with E-state index in [9.17, 15) is 0 Å². The van der Waals surface area contributed by atoms with E-state index in [4.69, 9.17) is 16.0 Å². The van der Waals surface area contributed by atoms with Crippen LogP contribution in [0.4, 0.5) is 0 Å². The summed E-state index contributed by atoms with van der Waals surface area (Å²) in [7, 11) is 0. The molecule has 2 heterocycles. The molecule has 6 heteroatoms. The number of halogens is 1. The Kier molecular flexibility index (Phi) is 5.49. The molecule has 0 aliphatic carbocycles. The molecule has 0 unspecified atom stereocenters. The van der Waals surface area contributed by atoms with Crippen LogP contribution in [0.15, 0.2) is 71.1 Å². The number of nitrogens with zero attached hydrogens (tertiary/aromatic N) is 4. The number of hydrogen-bond donors (Lipinski definition) is 0. The van der Waals surface area contributed by atoms with Crippen molar-refractivity contribution in [2.75, 3.05) is 26.2 Å². The molecule has 0 bridgehead atoms. The summed E-state index contributed by atoms with van der Waals surface area (Å²) in [5.41, 5.74) is 2.28. The van der Waals surface area contributed by atoms with Crippen LogP contribution in [0.1, 0.15) is 11.5 Å². The molecule has 1 saturated heterocycles. The third-order valence-corrected chi connectivity index (χ3v) is 5.91. The average Bonchev–Trinajstić information content (AvgIpc) is 3.24. The fourth-order valence-corrected chi connectivity index (χ4v) is 4.12. The van der Waals surface area contributed by atoms with Crippen LogP contribution in [-0.4, -0.2) is 46.2 Å². The van der Waals surface area contributed by atoms with Gasteiger partial charge in [0.25, 0.3) is 0 Å². The Morgan fingerprint density at radius 1 is 0.767 bits per heavy atom. The summed E-state index contributed by atoms with van der Waals surface area (Å²) < 4.78 is 5.86. The highest BCUT2D eigenvalue weighted by Crippen LogP contribution is 2.22. The largest absolute Gasteiger partial charge is 0.419 e. The second-order valence-electron chi connectivity index (χ2n) is 7.70. The van der Waals surface area contributed by atoms with E-state index >= 15 is 0 Å². The van der Waals surface area contributed by atoms with Gasteiger partial charge in [-0.3, -0.25) is 9.80 Å². The van der Waals surface area contributed by atoms with E-state index in [-0.39, 0.29) is 0 Å². The number of rotatable bonds is 5. The summed E-state index contributed by atoms with van der Waals surface area (Å²) in [6.45, 7) is 5.70. The SMILES string of the molecule is Clc1ccc(-c2nnc(CN3CCN(Cc4cccc5ccccc45)CC3)o2)cc1. The Bertz CT molecular complexity index is 1130. The van der Waals surface area contributed by atoms with Crippen LogP contribution >= 0.6 is 11.6 Å². The van der Waals surface area contributed by atoms with Gasteiger partial charge in [0.05, 0.1) is 6.54 Å². The van der Waals surface area contributed by atoms with Gasteiger partial charge >= 0.3 is 0 Å². The second kappa shape index (κ2) is 8.56. The summed E-state index contributed by atoms with van der Waals surface area (Å²) in [5.74, 6) is 1.19. The van der Waals surface area contributed by atoms with E-state index in [1.54, 1.807) is 0 Å². The molecule has 30 heavy (non-hydrogen) atoms. The minimum Gasteiger partial charge on any atom is -0.419 e. The first-order chi connectivity index (χ1) is 14.7. The molecule has 0 saturated carbocycles. The van der Waals surface area contributed by atoms with E-state index in [2.05, 4.69) is 62.5 Å². The zero-order valence-corrected chi connectivity index (χ0v) is 17.4. The Labute approximate surface area is 180 Å². The van der Waals surface area contributed by atoms with Crippen molar-refractivity contribution in [3.63, 3.8) is 0 Å². The second-order valence-corrected chi connectivity index (χ2v) is 8.13. The Morgan fingerprint density at radius 2 is 1.47 bits per heavy atom. The summed E-state index contributed by atoms with van der Waals surface area (Å²) in [4.78, 5) is 4.89. The topological polar surface area (TPSA) is 45.4 Å². The smallest absolute Gasteiger partial charge is 0.247 e. The quantitative estimate of drug-likeness (QED) is 0.463. The zero-order chi connectivity index (χ0) is 20.3. The van der Waals surface area contributed by atoms with Crippen molar-refractivity contribution >= 4 is 22.4 Å². The van der Waals surface area contributed by atoms with Crippen molar-refractivity contribution in [1.82, 2.24) is 20.0 Å². The molecule has 0 amide bonds. The van der Waals surface area contributed by atoms with Crippen LogP contribution in [0, 0.1) is 0 Å². The maximum Gasteiger partial charge on any atom is 0.247 e. The van der Waals surface area contributed by atoms with Crippen molar-refractivity contribution in [3.05, 3.63) is 83.2 Å². The van der Waals surface area contributed by atoms with E-state index < -0.39 is 0 Å². The van der Waals surface area contributed by atoms with Crippen LogP contribution < -0.4 is 0 Å². The van der Waals surface area contributed by atoms with Crippen LogP contribution in [-0.2, 0) is 13.1 Å². The molecule has 152 valence electrons. The molecule has 5 rings (SSSR count). The zero-order valence-electron chi connectivity index (χ0n) is 16.7. The molecule has 1 aliphatic rings. The summed E-state index contributed by atoms with van der Waals surface area (Å²) in [6.07, 6.45) is 0. The molecule has 1 fully saturated rings. The molecule has 1 aliphatic heterocycles. The van der Waals surface area contributed by atoms with Crippen LogP contribution in [0.2, 0.25) is 5.02 Å². The monoisotopic (exact) mass is 418 g/mol. The van der Waals surface area contributed by atoms with E-state index in [1.165, 1.54) is 16.3 Å². The van der Waals surface area contributed by atoms with Crippen LogP contribution in [0.25, 0.3) is 22.2 Å². The van der Waals surface area contributed by atoms with Gasteiger partial charge < -0.3 is 4.42 Å². The Morgan fingerprint density at radius 3 is 2.27 bits per heavy atom. The lowest BCUT2D eigenvalue weighted by atomic mass is 10.0. The highest BCUT2D eigenvalue weighted by Gasteiger charge is 2.20. The Hall–Kier alpha value is -2.73. The maximum absolute atomic E-state index is 5.95. The lowest BCUT2D eigenvalue weighted by molar-refractivity contribution is 0.115. The first-order valence-corrected chi connectivity index (χ1v) is 10.6. The summed E-state index contributed by atoms with van der Waals surface area (Å²) >= 11 is 5.95. The summed E-state index contributed by atoms with van der Waals surface area (Å²) in [6, 6.07) is 22.6. The fourth-order valence-electron chi connectivity index (χ4n) is 3.99. The van der Waals surface area contributed by atoms with Crippen molar-refractivity contribution < 1.29 is 4.42 Å². The van der Waals surface area contributed by atoms with Crippen molar-refractivity contribution in [2.24, 2.45) is 0 Å². The van der Waals surface area contributed by atoms with Crippen LogP contribution in [0.5, 0.6) is 0 Å². The van der Waals surface area contributed by atoms with E-state index in [0.29, 0.717) is 23.3 Å². The molecule has 0 radical (unpaired) electrons. The normalized spacial score (nSPS) is 15.6. The van der Waals surface area contributed by atoms with Gasteiger partial charge in [0.15, 0.2) is 0 Å². The number of aromatic nitrogens is 2. The molecular formula is C24H23ClN4O. The van der Waals surface area contributed by atoms with Gasteiger partial charge in [-0.15, -0.1) is 10.2 Å². The van der Waals surface area contributed by atoms with Gasteiger partial charge in [0.1, 0.15) is 0 Å². The molecule has 1 aromatic heterocycles. The van der Waals surface area contributed by atoms with E-state index in [1.807, 2.05) is 24.3 Å². The molecular weight excluding hydrogens is 396 g/mol. The van der Waals surface area contributed by atoms with Gasteiger partial charge in [-0.05, 0) is 40.6 Å². The minimum atomic E-state index is 0.538. The molecule has 0 atom stereocenters. The maximum atomic E-state index is 5.95. The number of piperazine rings is 1. The van der Waals surface area contributed by atoms with Gasteiger partial charge in [-0.1, -0.05) is 54.1 Å². The van der Waals surface area contributed by atoms with Crippen molar-refractivity contribution in [1.29, 1.82) is 0 Å². The Balaban J connectivity index is 1.18. The predicted molar refractivity (Wildman–Crippen MR) is 119 cm³/mol. The van der Waals surface area contributed by atoms with Gasteiger partial charge in [0.2, 0.25) is 11.8 Å².